The summed E-state index contributed by atoms with van der Waals surface area (Å²) in [5, 5.41) is 0. The standard InChI is InChI=1S/C12H14O3/c1-9(14)12(2,3)10-6-4-5-7-11(10)15-8-13/h4-8H,1-3H3. The van der Waals surface area contributed by atoms with E-state index in [1.165, 1.54) is 6.92 Å². The molecule has 0 aliphatic carbocycles. The van der Waals surface area contributed by atoms with Gasteiger partial charge < -0.3 is 4.74 Å². The van der Waals surface area contributed by atoms with Gasteiger partial charge in [0.1, 0.15) is 11.5 Å². The van der Waals surface area contributed by atoms with E-state index in [4.69, 9.17) is 4.74 Å². The fraction of sp³-hybridized carbons (Fsp3) is 0.333. The molecule has 0 saturated heterocycles. The molecule has 0 saturated carbocycles. The van der Waals surface area contributed by atoms with Gasteiger partial charge in [0.05, 0.1) is 5.41 Å². The Balaban J connectivity index is 3.23. The SMILES string of the molecule is CC(=O)C(C)(C)c1ccccc1OC=O. The maximum absolute atomic E-state index is 11.5. The smallest absolute Gasteiger partial charge is 0.298 e. The molecule has 1 aromatic carbocycles. The molecule has 3 heteroatoms. The molecule has 1 aromatic rings. The van der Waals surface area contributed by atoms with Gasteiger partial charge in [-0.1, -0.05) is 18.2 Å². The van der Waals surface area contributed by atoms with Crippen molar-refractivity contribution in [2.75, 3.05) is 0 Å². The van der Waals surface area contributed by atoms with Gasteiger partial charge in [0.15, 0.2) is 0 Å². The molecule has 0 amide bonds. The highest BCUT2D eigenvalue weighted by molar-refractivity contribution is 5.88. The van der Waals surface area contributed by atoms with Crippen LogP contribution in [0.1, 0.15) is 26.3 Å². The van der Waals surface area contributed by atoms with E-state index in [0.29, 0.717) is 12.2 Å². The molecule has 0 atom stereocenters. The van der Waals surface area contributed by atoms with E-state index < -0.39 is 5.41 Å². The Kier molecular flexibility index (Phi) is 3.24. The van der Waals surface area contributed by atoms with E-state index in [1.807, 2.05) is 19.9 Å². The number of hydrogen-bond acceptors (Lipinski definition) is 3. The van der Waals surface area contributed by atoms with Crippen LogP contribution in [0.15, 0.2) is 24.3 Å². The van der Waals surface area contributed by atoms with E-state index >= 15 is 0 Å². The van der Waals surface area contributed by atoms with Gasteiger partial charge in [-0.25, -0.2) is 0 Å². The van der Waals surface area contributed by atoms with E-state index in [2.05, 4.69) is 0 Å². The number of Topliss-reactive ketones (excluding diaryl/α,β-unsaturated/α-hetero) is 1. The summed E-state index contributed by atoms with van der Waals surface area (Å²) < 4.78 is 4.84. The second-order valence-electron chi connectivity index (χ2n) is 3.89. The van der Waals surface area contributed by atoms with Crippen molar-refractivity contribution in [1.29, 1.82) is 0 Å². The van der Waals surface area contributed by atoms with Gasteiger partial charge in [0, 0.05) is 5.56 Å². The van der Waals surface area contributed by atoms with Crippen molar-refractivity contribution in [3.63, 3.8) is 0 Å². The molecule has 0 aliphatic heterocycles. The zero-order valence-electron chi connectivity index (χ0n) is 9.11. The second kappa shape index (κ2) is 4.26. The third-order valence-electron chi connectivity index (χ3n) is 2.62. The van der Waals surface area contributed by atoms with Crippen LogP contribution < -0.4 is 4.74 Å². The number of carbonyl (C=O) groups excluding carboxylic acids is 2. The predicted molar refractivity (Wildman–Crippen MR) is 56.8 cm³/mol. The first-order valence-electron chi connectivity index (χ1n) is 4.71. The Morgan fingerprint density at radius 3 is 2.47 bits per heavy atom. The molecular weight excluding hydrogens is 192 g/mol. The van der Waals surface area contributed by atoms with Crippen LogP contribution >= 0.6 is 0 Å². The highest BCUT2D eigenvalue weighted by Crippen LogP contribution is 2.31. The van der Waals surface area contributed by atoms with Crippen molar-refractivity contribution >= 4 is 12.3 Å². The monoisotopic (exact) mass is 206 g/mol. The molecule has 3 nitrogen and oxygen atoms in total. The van der Waals surface area contributed by atoms with Crippen LogP contribution in [0.5, 0.6) is 5.75 Å². The number of hydrogen-bond donors (Lipinski definition) is 0. The van der Waals surface area contributed by atoms with Gasteiger partial charge in [0.2, 0.25) is 0 Å². The first-order chi connectivity index (χ1) is 7.00. The first kappa shape index (κ1) is 11.4. The maximum atomic E-state index is 11.5. The van der Waals surface area contributed by atoms with E-state index in [1.54, 1.807) is 18.2 Å². The van der Waals surface area contributed by atoms with Crippen molar-refractivity contribution in [2.45, 2.75) is 26.2 Å². The third kappa shape index (κ3) is 2.24. The molecule has 0 spiro atoms. The van der Waals surface area contributed by atoms with E-state index in [9.17, 15) is 9.59 Å². The minimum absolute atomic E-state index is 0.0319. The van der Waals surface area contributed by atoms with Crippen molar-refractivity contribution in [1.82, 2.24) is 0 Å². The van der Waals surface area contributed by atoms with Crippen molar-refractivity contribution in [2.24, 2.45) is 0 Å². The Bertz CT molecular complexity index is 380. The zero-order chi connectivity index (χ0) is 11.5. The quantitative estimate of drug-likeness (QED) is 0.708. The minimum Gasteiger partial charge on any atom is -0.428 e. The Morgan fingerprint density at radius 2 is 1.93 bits per heavy atom. The molecular formula is C12H14O3. The lowest BCUT2D eigenvalue weighted by Crippen LogP contribution is -2.27. The van der Waals surface area contributed by atoms with Crippen LogP contribution in [0.2, 0.25) is 0 Å². The largest absolute Gasteiger partial charge is 0.428 e. The predicted octanol–water partition coefficient (Wildman–Crippen LogP) is 2.09. The molecule has 0 heterocycles. The minimum atomic E-state index is -0.639. The molecule has 0 unspecified atom stereocenters. The fourth-order valence-corrected chi connectivity index (χ4v) is 1.33. The lowest BCUT2D eigenvalue weighted by molar-refractivity contribution is -0.123. The lowest BCUT2D eigenvalue weighted by Gasteiger charge is -2.23. The maximum Gasteiger partial charge on any atom is 0.298 e. The van der Waals surface area contributed by atoms with Crippen molar-refractivity contribution in [3.05, 3.63) is 29.8 Å². The third-order valence-corrected chi connectivity index (χ3v) is 2.62. The number of benzene rings is 1. The molecule has 15 heavy (non-hydrogen) atoms. The number of ketones is 1. The Hall–Kier alpha value is -1.64. The highest BCUT2D eigenvalue weighted by atomic mass is 16.5. The van der Waals surface area contributed by atoms with Gasteiger partial charge in [0.25, 0.3) is 6.47 Å². The van der Waals surface area contributed by atoms with Crippen LogP contribution in [-0.4, -0.2) is 12.3 Å². The van der Waals surface area contributed by atoms with Crippen LogP contribution in [-0.2, 0) is 15.0 Å². The van der Waals surface area contributed by atoms with Gasteiger partial charge in [-0.3, -0.25) is 9.59 Å². The second-order valence-corrected chi connectivity index (χ2v) is 3.89. The average molecular weight is 206 g/mol. The summed E-state index contributed by atoms with van der Waals surface area (Å²) in [6.45, 7) is 5.51. The molecule has 0 bridgehead atoms. The van der Waals surface area contributed by atoms with Gasteiger partial charge in [-0.05, 0) is 26.8 Å². The van der Waals surface area contributed by atoms with E-state index in [-0.39, 0.29) is 5.78 Å². The molecule has 0 aromatic heterocycles. The highest BCUT2D eigenvalue weighted by Gasteiger charge is 2.29. The molecule has 0 fully saturated rings. The molecule has 1 rings (SSSR count). The number of rotatable bonds is 4. The summed E-state index contributed by atoms with van der Waals surface area (Å²) in [4.78, 5) is 21.8. The molecule has 80 valence electrons. The summed E-state index contributed by atoms with van der Waals surface area (Å²) in [6.07, 6.45) is 0. The number of carbonyl (C=O) groups is 2. The Morgan fingerprint density at radius 1 is 1.33 bits per heavy atom. The zero-order valence-corrected chi connectivity index (χ0v) is 9.11. The summed E-state index contributed by atoms with van der Waals surface area (Å²) in [5.74, 6) is 0.470. The molecule has 0 aliphatic rings. The summed E-state index contributed by atoms with van der Waals surface area (Å²) >= 11 is 0. The number of ether oxygens (including phenoxy) is 1. The van der Waals surface area contributed by atoms with Crippen LogP contribution in [0.3, 0.4) is 0 Å². The number of para-hydroxylation sites is 1. The topological polar surface area (TPSA) is 43.4 Å². The fourth-order valence-electron chi connectivity index (χ4n) is 1.33. The summed E-state index contributed by atoms with van der Waals surface area (Å²) in [6, 6.07) is 7.05. The van der Waals surface area contributed by atoms with Crippen LogP contribution in [0.25, 0.3) is 0 Å². The van der Waals surface area contributed by atoms with Gasteiger partial charge in [-0.2, -0.15) is 0 Å². The lowest BCUT2D eigenvalue weighted by atomic mass is 9.81. The average Bonchev–Trinajstić information content (AvgIpc) is 2.18. The normalized spacial score (nSPS) is 10.9. The van der Waals surface area contributed by atoms with Gasteiger partial charge in [-0.15, -0.1) is 0 Å². The Labute approximate surface area is 89.1 Å². The van der Waals surface area contributed by atoms with Gasteiger partial charge >= 0.3 is 0 Å². The summed E-state index contributed by atoms with van der Waals surface area (Å²) in [7, 11) is 0. The molecule has 0 N–H and O–H groups in total. The van der Waals surface area contributed by atoms with Crippen molar-refractivity contribution in [3.8, 4) is 5.75 Å². The van der Waals surface area contributed by atoms with Crippen LogP contribution in [0, 0.1) is 0 Å². The van der Waals surface area contributed by atoms with Crippen LogP contribution in [0.4, 0.5) is 0 Å². The summed E-state index contributed by atoms with van der Waals surface area (Å²) in [5.41, 5.74) is 0.0872. The van der Waals surface area contributed by atoms with E-state index in [0.717, 1.165) is 5.56 Å². The molecule has 0 radical (unpaired) electrons. The van der Waals surface area contributed by atoms with Crippen molar-refractivity contribution < 1.29 is 14.3 Å². The first-order valence-corrected chi connectivity index (χ1v) is 4.71.